The summed E-state index contributed by atoms with van der Waals surface area (Å²) in [6, 6.07) is 1.86. The summed E-state index contributed by atoms with van der Waals surface area (Å²) in [5, 5.41) is 4.22. The molecule has 0 saturated carbocycles. The predicted octanol–water partition coefficient (Wildman–Crippen LogP) is -0.541. The summed E-state index contributed by atoms with van der Waals surface area (Å²) in [4.78, 5) is 22.5. The van der Waals surface area contributed by atoms with Crippen molar-refractivity contribution in [3.05, 3.63) is 23.3 Å². The Kier molecular flexibility index (Phi) is 3.80. The lowest BCUT2D eigenvalue weighted by Gasteiger charge is -2.32. The molecule has 0 atom stereocenters. The van der Waals surface area contributed by atoms with E-state index in [2.05, 4.69) is 15.1 Å². The molecular formula is C13H18N6O3S. The molecule has 0 radical (unpaired) electrons. The molecule has 0 aromatic carbocycles. The minimum atomic E-state index is -3.22. The van der Waals surface area contributed by atoms with Crippen molar-refractivity contribution in [3.8, 4) is 0 Å². The number of carbonyl (C=O) groups is 1. The molecule has 1 aliphatic rings. The van der Waals surface area contributed by atoms with Gasteiger partial charge in [-0.2, -0.15) is 9.29 Å². The number of nitrogens with zero attached hydrogens (tertiary/aromatic N) is 6. The Balaban J connectivity index is 1.81. The molecule has 3 rings (SSSR count). The van der Waals surface area contributed by atoms with Gasteiger partial charge in [-0.05, 0) is 19.9 Å². The molecule has 0 unspecified atom stereocenters. The number of hydrogen-bond acceptors (Lipinski definition) is 6. The largest absolute Gasteiger partial charge is 0.333 e. The minimum Gasteiger partial charge on any atom is -0.333 e. The second-order valence-corrected chi connectivity index (χ2v) is 7.62. The molecule has 0 aliphatic carbocycles. The van der Waals surface area contributed by atoms with Crippen molar-refractivity contribution in [2.45, 2.75) is 13.8 Å². The number of aryl methyl sites for hydroxylation is 2. The van der Waals surface area contributed by atoms with Crippen LogP contribution in [-0.2, 0) is 10.0 Å². The van der Waals surface area contributed by atoms with Crippen molar-refractivity contribution in [2.24, 2.45) is 0 Å². The number of fused-ring (bicyclic) bond motifs is 1. The van der Waals surface area contributed by atoms with Gasteiger partial charge in [-0.1, -0.05) is 0 Å². The minimum absolute atomic E-state index is 0.0824. The summed E-state index contributed by atoms with van der Waals surface area (Å²) in [7, 11) is -3.22. The fourth-order valence-corrected chi connectivity index (χ4v) is 3.45. The van der Waals surface area contributed by atoms with Crippen molar-refractivity contribution in [2.75, 3.05) is 32.4 Å². The fraction of sp³-hybridized carbons (Fsp3) is 0.538. The third kappa shape index (κ3) is 3.04. The van der Waals surface area contributed by atoms with Gasteiger partial charge in [0, 0.05) is 37.6 Å². The highest BCUT2D eigenvalue weighted by molar-refractivity contribution is 7.88. The van der Waals surface area contributed by atoms with Crippen LogP contribution in [0.5, 0.6) is 0 Å². The number of piperazine rings is 1. The third-order valence-corrected chi connectivity index (χ3v) is 5.11. The predicted molar refractivity (Wildman–Crippen MR) is 82.6 cm³/mol. The van der Waals surface area contributed by atoms with Gasteiger partial charge in [-0.3, -0.25) is 4.79 Å². The van der Waals surface area contributed by atoms with Crippen LogP contribution in [0.3, 0.4) is 0 Å². The van der Waals surface area contributed by atoms with Crippen LogP contribution in [0.25, 0.3) is 5.78 Å². The lowest BCUT2D eigenvalue weighted by Crippen LogP contribution is -2.50. The van der Waals surface area contributed by atoms with E-state index in [1.807, 2.05) is 19.9 Å². The van der Waals surface area contributed by atoms with Crippen LogP contribution in [-0.4, -0.2) is 75.5 Å². The van der Waals surface area contributed by atoms with E-state index in [-0.39, 0.29) is 24.8 Å². The first kappa shape index (κ1) is 15.8. The average molecular weight is 338 g/mol. The Labute approximate surface area is 134 Å². The number of hydrogen-bond donors (Lipinski definition) is 0. The van der Waals surface area contributed by atoms with E-state index in [1.54, 1.807) is 4.90 Å². The molecule has 1 fully saturated rings. The summed E-state index contributed by atoms with van der Waals surface area (Å²) >= 11 is 0. The maximum absolute atomic E-state index is 12.5. The highest BCUT2D eigenvalue weighted by Crippen LogP contribution is 2.11. The summed E-state index contributed by atoms with van der Waals surface area (Å²) in [5.74, 6) is 0.167. The molecule has 23 heavy (non-hydrogen) atoms. The van der Waals surface area contributed by atoms with Crippen LogP contribution in [0.15, 0.2) is 6.07 Å². The Morgan fingerprint density at radius 2 is 1.78 bits per heavy atom. The van der Waals surface area contributed by atoms with Crippen LogP contribution in [0.2, 0.25) is 0 Å². The normalized spacial score (nSPS) is 16.9. The number of aromatic nitrogens is 4. The fourth-order valence-electron chi connectivity index (χ4n) is 2.62. The first-order valence-corrected chi connectivity index (χ1v) is 9.06. The Morgan fingerprint density at radius 1 is 1.13 bits per heavy atom. The molecule has 0 bridgehead atoms. The number of carbonyl (C=O) groups excluding carboxylic acids is 1. The van der Waals surface area contributed by atoms with Gasteiger partial charge in [0.05, 0.1) is 6.26 Å². The second kappa shape index (κ2) is 5.53. The summed E-state index contributed by atoms with van der Waals surface area (Å²) < 4.78 is 25.9. The number of amides is 1. The van der Waals surface area contributed by atoms with E-state index in [9.17, 15) is 13.2 Å². The van der Waals surface area contributed by atoms with Gasteiger partial charge in [-0.25, -0.2) is 17.9 Å². The SMILES string of the molecule is Cc1cc(C)n2nc(C(=O)N3CCN(S(C)(=O)=O)CC3)nc2n1. The second-order valence-electron chi connectivity index (χ2n) is 5.64. The zero-order valence-electron chi connectivity index (χ0n) is 13.2. The molecule has 10 heteroatoms. The van der Waals surface area contributed by atoms with Crippen LogP contribution < -0.4 is 0 Å². The third-order valence-electron chi connectivity index (χ3n) is 3.80. The number of sulfonamides is 1. The average Bonchev–Trinajstić information content (AvgIpc) is 2.90. The van der Waals surface area contributed by atoms with E-state index in [1.165, 1.54) is 15.1 Å². The van der Waals surface area contributed by atoms with Gasteiger partial charge in [0.15, 0.2) is 0 Å². The maximum Gasteiger partial charge on any atom is 0.293 e. The zero-order valence-corrected chi connectivity index (χ0v) is 14.0. The molecule has 1 amide bonds. The standard InChI is InChI=1S/C13H18N6O3S/c1-9-8-10(2)19-13(14-9)15-11(16-19)12(20)17-4-6-18(7-5-17)23(3,21)22/h8H,4-7H2,1-3H3. The summed E-state index contributed by atoms with van der Waals surface area (Å²) in [6.45, 7) is 4.95. The van der Waals surface area contributed by atoms with Gasteiger partial charge in [0.2, 0.25) is 15.8 Å². The Morgan fingerprint density at radius 3 is 2.39 bits per heavy atom. The van der Waals surface area contributed by atoms with E-state index in [0.717, 1.165) is 11.4 Å². The molecule has 0 N–H and O–H groups in total. The maximum atomic E-state index is 12.5. The highest BCUT2D eigenvalue weighted by Gasteiger charge is 2.28. The lowest BCUT2D eigenvalue weighted by molar-refractivity contribution is 0.0686. The van der Waals surface area contributed by atoms with Crippen molar-refractivity contribution in [1.29, 1.82) is 0 Å². The Hall–Kier alpha value is -2.07. The van der Waals surface area contributed by atoms with Gasteiger partial charge in [-0.15, -0.1) is 5.10 Å². The van der Waals surface area contributed by atoms with Crippen LogP contribution in [0.1, 0.15) is 22.0 Å². The molecule has 3 heterocycles. The van der Waals surface area contributed by atoms with Crippen LogP contribution in [0.4, 0.5) is 0 Å². The quantitative estimate of drug-likeness (QED) is 0.729. The van der Waals surface area contributed by atoms with Crippen molar-refractivity contribution in [3.63, 3.8) is 0 Å². The summed E-state index contributed by atoms with van der Waals surface area (Å²) in [6.07, 6.45) is 1.17. The van der Waals surface area contributed by atoms with E-state index in [0.29, 0.717) is 18.9 Å². The first-order chi connectivity index (χ1) is 10.8. The first-order valence-electron chi connectivity index (χ1n) is 7.21. The van der Waals surface area contributed by atoms with E-state index >= 15 is 0 Å². The van der Waals surface area contributed by atoms with Gasteiger partial charge >= 0.3 is 0 Å². The molecule has 0 spiro atoms. The molecular weight excluding hydrogens is 320 g/mol. The molecule has 124 valence electrons. The zero-order chi connectivity index (χ0) is 16.8. The smallest absolute Gasteiger partial charge is 0.293 e. The molecule has 9 nitrogen and oxygen atoms in total. The van der Waals surface area contributed by atoms with Gasteiger partial charge < -0.3 is 4.90 Å². The van der Waals surface area contributed by atoms with Gasteiger partial charge in [0.1, 0.15) is 0 Å². The van der Waals surface area contributed by atoms with Crippen LogP contribution in [0, 0.1) is 13.8 Å². The summed E-state index contributed by atoms with van der Waals surface area (Å²) in [5.41, 5.74) is 1.66. The lowest BCUT2D eigenvalue weighted by atomic mass is 10.3. The van der Waals surface area contributed by atoms with Crippen LogP contribution >= 0.6 is 0 Å². The monoisotopic (exact) mass is 338 g/mol. The highest BCUT2D eigenvalue weighted by atomic mass is 32.2. The molecule has 2 aromatic heterocycles. The molecule has 1 saturated heterocycles. The topological polar surface area (TPSA) is 101 Å². The van der Waals surface area contributed by atoms with E-state index < -0.39 is 10.0 Å². The van der Waals surface area contributed by atoms with E-state index in [4.69, 9.17) is 0 Å². The molecule has 2 aromatic rings. The van der Waals surface area contributed by atoms with Crippen molar-refractivity contribution < 1.29 is 13.2 Å². The Bertz CT molecular complexity index is 867. The van der Waals surface area contributed by atoms with Crippen molar-refractivity contribution >= 4 is 21.7 Å². The number of rotatable bonds is 2. The molecule has 1 aliphatic heterocycles. The van der Waals surface area contributed by atoms with Gasteiger partial charge in [0.25, 0.3) is 11.7 Å². The van der Waals surface area contributed by atoms with Crippen molar-refractivity contribution in [1.82, 2.24) is 28.8 Å².